The number of aromatic nitrogens is 1. The first-order chi connectivity index (χ1) is 10.5. The lowest BCUT2D eigenvalue weighted by Crippen LogP contribution is -2.35. The number of carbonyl (C=O) groups excluding carboxylic acids is 1. The topological polar surface area (TPSA) is 77.2 Å². The molecule has 0 aliphatic carbocycles. The van der Waals surface area contributed by atoms with Crippen molar-refractivity contribution in [2.75, 3.05) is 12.4 Å². The first kappa shape index (κ1) is 19.7. The van der Waals surface area contributed by atoms with Gasteiger partial charge in [-0.15, -0.1) is 23.7 Å². The molecule has 1 aromatic carbocycles. The van der Waals surface area contributed by atoms with E-state index in [0.717, 1.165) is 17.7 Å². The fourth-order valence-corrected chi connectivity index (χ4v) is 2.91. The Hall–Kier alpha value is -1.34. The van der Waals surface area contributed by atoms with Crippen LogP contribution in [0.4, 0.5) is 5.13 Å². The molecule has 1 unspecified atom stereocenters. The predicted octanol–water partition coefficient (Wildman–Crippen LogP) is 3.96. The lowest BCUT2D eigenvalue weighted by molar-refractivity contribution is -0.117. The van der Waals surface area contributed by atoms with Crippen molar-refractivity contribution in [1.82, 2.24) is 4.98 Å². The molecule has 0 saturated carbocycles. The van der Waals surface area contributed by atoms with Crippen LogP contribution in [0.3, 0.4) is 0 Å². The van der Waals surface area contributed by atoms with Gasteiger partial charge in [0.2, 0.25) is 5.91 Å². The summed E-state index contributed by atoms with van der Waals surface area (Å²) in [5.41, 5.74) is 7.38. The van der Waals surface area contributed by atoms with E-state index in [2.05, 4.69) is 10.3 Å². The molecule has 1 heterocycles. The third-order valence-electron chi connectivity index (χ3n) is 3.12. The van der Waals surface area contributed by atoms with Gasteiger partial charge in [-0.25, -0.2) is 4.98 Å². The van der Waals surface area contributed by atoms with Gasteiger partial charge in [0, 0.05) is 10.9 Å². The molecule has 0 radical (unpaired) electrons. The Labute approximate surface area is 150 Å². The van der Waals surface area contributed by atoms with Crippen molar-refractivity contribution in [3.63, 3.8) is 0 Å². The number of anilines is 1. The van der Waals surface area contributed by atoms with E-state index in [1.165, 1.54) is 11.3 Å². The second-order valence-corrected chi connectivity index (χ2v) is 6.04. The molecule has 126 valence electrons. The Morgan fingerprint density at radius 1 is 1.52 bits per heavy atom. The lowest BCUT2D eigenvalue weighted by atomic mass is 10.1. The van der Waals surface area contributed by atoms with Gasteiger partial charge in [0.15, 0.2) is 5.13 Å². The summed E-state index contributed by atoms with van der Waals surface area (Å²) in [5, 5.41) is 5.64. The molecule has 8 heteroatoms. The molecular weight excluding hydrogens is 357 g/mol. The number of ether oxygens (including phenoxy) is 1. The Bertz CT molecular complexity index is 664. The molecule has 1 amide bonds. The Kier molecular flexibility index (Phi) is 7.78. The Morgan fingerprint density at radius 2 is 2.26 bits per heavy atom. The van der Waals surface area contributed by atoms with Gasteiger partial charge in [0.25, 0.3) is 0 Å². The molecule has 1 aromatic heterocycles. The van der Waals surface area contributed by atoms with Crippen LogP contribution in [-0.4, -0.2) is 24.0 Å². The third-order valence-corrected chi connectivity index (χ3v) is 4.17. The molecule has 2 aromatic rings. The minimum Gasteiger partial charge on any atom is -0.495 e. The molecule has 0 fully saturated rings. The minimum absolute atomic E-state index is 0. The summed E-state index contributed by atoms with van der Waals surface area (Å²) >= 11 is 7.46. The van der Waals surface area contributed by atoms with Crippen molar-refractivity contribution in [3.8, 4) is 17.0 Å². The monoisotopic (exact) mass is 375 g/mol. The van der Waals surface area contributed by atoms with Crippen molar-refractivity contribution in [2.24, 2.45) is 5.73 Å². The first-order valence-corrected chi connectivity index (χ1v) is 8.16. The van der Waals surface area contributed by atoms with Gasteiger partial charge in [-0.1, -0.05) is 24.9 Å². The van der Waals surface area contributed by atoms with Crippen LogP contribution in [0.1, 0.15) is 19.8 Å². The molecule has 0 aliphatic heterocycles. The molecule has 3 N–H and O–H groups in total. The number of nitrogens with zero attached hydrogens (tertiary/aromatic N) is 1. The van der Waals surface area contributed by atoms with Crippen LogP contribution in [0.25, 0.3) is 11.3 Å². The molecule has 0 bridgehead atoms. The van der Waals surface area contributed by atoms with Crippen LogP contribution in [0, 0.1) is 0 Å². The lowest BCUT2D eigenvalue weighted by Gasteiger charge is -2.08. The summed E-state index contributed by atoms with van der Waals surface area (Å²) in [6.07, 6.45) is 1.51. The van der Waals surface area contributed by atoms with Crippen LogP contribution < -0.4 is 15.8 Å². The van der Waals surface area contributed by atoms with Crippen LogP contribution >= 0.6 is 35.3 Å². The smallest absolute Gasteiger partial charge is 0.243 e. The van der Waals surface area contributed by atoms with Gasteiger partial charge in [-0.05, 0) is 24.6 Å². The number of hydrogen-bond acceptors (Lipinski definition) is 5. The first-order valence-electron chi connectivity index (χ1n) is 6.91. The summed E-state index contributed by atoms with van der Waals surface area (Å²) < 4.78 is 5.12. The standard InChI is InChI=1S/C15H18ClN3O2S.ClH/c1-3-4-11(17)14(20)19-15-18-12(8-22-15)9-5-6-13(21-2)10(16)7-9;/h5-8,11H,3-4,17H2,1-2H3,(H,18,19,20);1H. The number of nitrogens with one attached hydrogen (secondary N) is 1. The number of amides is 1. The third kappa shape index (κ3) is 5.07. The number of carbonyl (C=O) groups is 1. The maximum Gasteiger partial charge on any atom is 0.243 e. The molecule has 1 atom stereocenters. The van der Waals surface area contributed by atoms with E-state index in [9.17, 15) is 4.79 Å². The SMILES string of the molecule is CCCC(N)C(=O)Nc1nc(-c2ccc(OC)c(Cl)c2)cs1.Cl. The molecule has 0 saturated heterocycles. The van der Waals surface area contributed by atoms with Crippen LogP contribution in [0.15, 0.2) is 23.6 Å². The van der Waals surface area contributed by atoms with Crippen LogP contribution in [0.5, 0.6) is 5.75 Å². The Balaban J connectivity index is 0.00000264. The zero-order valence-electron chi connectivity index (χ0n) is 12.8. The number of halogens is 2. The summed E-state index contributed by atoms with van der Waals surface area (Å²) in [5.74, 6) is 0.398. The van der Waals surface area contributed by atoms with Gasteiger partial charge < -0.3 is 15.8 Å². The van der Waals surface area contributed by atoms with Gasteiger partial charge in [0.1, 0.15) is 5.75 Å². The second kappa shape index (κ2) is 9.08. The zero-order chi connectivity index (χ0) is 16.1. The number of thiazole rings is 1. The van der Waals surface area contributed by atoms with E-state index in [-0.39, 0.29) is 18.3 Å². The molecular formula is C15H19Cl2N3O2S. The number of rotatable bonds is 6. The van der Waals surface area contributed by atoms with Crippen molar-refractivity contribution in [3.05, 3.63) is 28.6 Å². The highest BCUT2D eigenvalue weighted by Crippen LogP contribution is 2.31. The second-order valence-electron chi connectivity index (χ2n) is 4.77. The summed E-state index contributed by atoms with van der Waals surface area (Å²) in [7, 11) is 1.57. The predicted molar refractivity (Wildman–Crippen MR) is 97.9 cm³/mol. The van der Waals surface area contributed by atoms with Crippen molar-refractivity contribution in [2.45, 2.75) is 25.8 Å². The zero-order valence-corrected chi connectivity index (χ0v) is 15.2. The minimum atomic E-state index is -0.507. The van der Waals surface area contributed by atoms with Gasteiger partial charge >= 0.3 is 0 Å². The highest BCUT2D eigenvalue weighted by molar-refractivity contribution is 7.14. The van der Waals surface area contributed by atoms with E-state index in [0.29, 0.717) is 22.3 Å². The summed E-state index contributed by atoms with van der Waals surface area (Å²) in [4.78, 5) is 16.3. The molecule has 0 aliphatic rings. The number of nitrogens with two attached hydrogens (primary N) is 1. The highest BCUT2D eigenvalue weighted by atomic mass is 35.5. The number of hydrogen-bond donors (Lipinski definition) is 2. The quantitative estimate of drug-likeness (QED) is 0.800. The largest absolute Gasteiger partial charge is 0.495 e. The van der Waals surface area contributed by atoms with E-state index in [4.69, 9.17) is 22.1 Å². The maximum absolute atomic E-state index is 11.9. The normalized spacial score (nSPS) is 11.5. The fraction of sp³-hybridized carbons (Fsp3) is 0.333. The summed E-state index contributed by atoms with van der Waals surface area (Å²) in [6.45, 7) is 1.99. The van der Waals surface area contributed by atoms with Gasteiger partial charge in [0.05, 0.1) is 23.9 Å². The maximum atomic E-state index is 11.9. The fourth-order valence-electron chi connectivity index (χ4n) is 1.93. The van der Waals surface area contributed by atoms with Gasteiger partial charge in [-0.2, -0.15) is 0 Å². The van der Waals surface area contributed by atoms with Crippen molar-refractivity contribution >= 4 is 46.4 Å². The molecule has 23 heavy (non-hydrogen) atoms. The average molecular weight is 376 g/mol. The molecule has 5 nitrogen and oxygen atoms in total. The average Bonchev–Trinajstić information content (AvgIpc) is 2.95. The van der Waals surface area contributed by atoms with Crippen molar-refractivity contribution in [1.29, 1.82) is 0 Å². The highest BCUT2D eigenvalue weighted by Gasteiger charge is 2.14. The Morgan fingerprint density at radius 3 is 2.87 bits per heavy atom. The molecule has 0 spiro atoms. The van der Waals surface area contributed by atoms with Crippen LogP contribution in [0.2, 0.25) is 5.02 Å². The van der Waals surface area contributed by atoms with Gasteiger partial charge in [-0.3, -0.25) is 4.79 Å². The van der Waals surface area contributed by atoms with Crippen molar-refractivity contribution < 1.29 is 9.53 Å². The van der Waals surface area contributed by atoms with E-state index >= 15 is 0 Å². The van der Waals surface area contributed by atoms with E-state index < -0.39 is 6.04 Å². The number of methoxy groups -OCH3 is 1. The van der Waals surface area contributed by atoms with E-state index in [1.807, 2.05) is 18.4 Å². The number of benzene rings is 1. The molecule has 2 rings (SSSR count). The summed E-state index contributed by atoms with van der Waals surface area (Å²) in [6, 6.07) is 4.93. The van der Waals surface area contributed by atoms with Crippen LogP contribution in [-0.2, 0) is 4.79 Å². The van der Waals surface area contributed by atoms with E-state index in [1.54, 1.807) is 19.2 Å².